The van der Waals surface area contributed by atoms with Gasteiger partial charge in [0, 0.05) is 12.1 Å². The van der Waals surface area contributed by atoms with Gasteiger partial charge >= 0.3 is 5.97 Å². The lowest BCUT2D eigenvalue weighted by atomic mass is 9.99. The van der Waals surface area contributed by atoms with Crippen molar-refractivity contribution < 1.29 is 44.6 Å². The molecule has 1 aromatic carbocycles. The molecule has 0 bridgehead atoms. The Morgan fingerprint density at radius 1 is 1.04 bits per heavy atom. The number of hydrogen-bond acceptors (Lipinski definition) is 8. The molecule has 0 aliphatic carbocycles. The first-order valence-corrected chi connectivity index (χ1v) is 7.90. The van der Waals surface area contributed by atoms with E-state index in [1.807, 2.05) is 0 Å². The third-order valence-electron chi connectivity index (χ3n) is 3.80. The van der Waals surface area contributed by atoms with Gasteiger partial charge in [-0.25, -0.2) is 0 Å². The summed E-state index contributed by atoms with van der Waals surface area (Å²) in [6.45, 7) is -0.563. The molecule has 6 N–H and O–H groups in total. The van der Waals surface area contributed by atoms with Gasteiger partial charge < -0.3 is 40.3 Å². The zero-order valence-corrected chi connectivity index (χ0v) is 13.7. The van der Waals surface area contributed by atoms with Crippen molar-refractivity contribution in [2.75, 3.05) is 11.9 Å². The number of carbonyl (C=O) groups is 2. The SMILES string of the molecule is O=C(O)CCC(=O)Nc1ccc(O[C@@H]2O[C@H](CO)[C@@H](O)[C@H](O)[C@H]2O)cc1. The van der Waals surface area contributed by atoms with Crippen molar-refractivity contribution in [2.24, 2.45) is 0 Å². The number of carboxylic acid groups (broad SMARTS) is 1. The van der Waals surface area contributed by atoms with Crippen LogP contribution in [0, 0.1) is 0 Å². The summed E-state index contributed by atoms with van der Waals surface area (Å²) in [5.41, 5.74) is 0.418. The van der Waals surface area contributed by atoms with E-state index >= 15 is 0 Å². The molecule has 1 saturated heterocycles. The first-order chi connectivity index (χ1) is 12.3. The fourth-order valence-corrected chi connectivity index (χ4v) is 2.36. The van der Waals surface area contributed by atoms with E-state index in [1.54, 1.807) is 0 Å². The van der Waals surface area contributed by atoms with Crippen LogP contribution in [0.25, 0.3) is 0 Å². The van der Waals surface area contributed by atoms with E-state index in [-0.39, 0.29) is 18.6 Å². The summed E-state index contributed by atoms with van der Waals surface area (Å²) in [4.78, 5) is 22.0. The zero-order valence-electron chi connectivity index (χ0n) is 13.7. The maximum absolute atomic E-state index is 11.6. The van der Waals surface area contributed by atoms with Crippen molar-refractivity contribution >= 4 is 17.6 Å². The molecule has 1 aliphatic rings. The van der Waals surface area contributed by atoms with Crippen LogP contribution in [0.4, 0.5) is 5.69 Å². The molecular weight excluding hydrogens is 350 g/mol. The Morgan fingerprint density at radius 2 is 1.69 bits per heavy atom. The highest BCUT2D eigenvalue weighted by Crippen LogP contribution is 2.25. The average Bonchev–Trinajstić information content (AvgIpc) is 2.62. The highest BCUT2D eigenvalue weighted by Gasteiger charge is 2.44. The molecule has 1 aromatic rings. The quantitative estimate of drug-likeness (QED) is 0.340. The van der Waals surface area contributed by atoms with E-state index in [4.69, 9.17) is 19.7 Å². The van der Waals surface area contributed by atoms with Gasteiger partial charge in [-0.2, -0.15) is 0 Å². The molecule has 1 fully saturated rings. The number of carboxylic acids is 1. The van der Waals surface area contributed by atoms with E-state index in [0.29, 0.717) is 5.69 Å². The number of aliphatic hydroxyl groups excluding tert-OH is 4. The number of amides is 1. The minimum Gasteiger partial charge on any atom is -0.481 e. The van der Waals surface area contributed by atoms with E-state index < -0.39 is 49.2 Å². The lowest BCUT2D eigenvalue weighted by Gasteiger charge is -2.39. The van der Waals surface area contributed by atoms with Crippen LogP contribution in [0.15, 0.2) is 24.3 Å². The summed E-state index contributed by atoms with van der Waals surface area (Å²) in [6.07, 6.45) is -7.35. The van der Waals surface area contributed by atoms with Gasteiger partial charge in [0.2, 0.25) is 12.2 Å². The summed E-state index contributed by atoms with van der Waals surface area (Å²) in [7, 11) is 0. The van der Waals surface area contributed by atoms with Crippen molar-refractivity contribution in [1.82, 2.24) is 0 Å². The van der Waals surface area contributed by atoms with Crippen molar-refractivity contribution in [3.63, 3.8) is 0 Å². The fourth-order valence-electron chi connectivity index (χ4n) is 2.36. The Labute approximate surface area is 148 Å². The van der Waals surface area contributed by atoms with Crippen LogP contribution in [0.3, 0.4) is 0 Å². The van der Waals surface area contributed by atoms with Crippen LogP contribution < -0.4 is 10.1 Å². The monoisotopic (exact) mass is 371 g/mol. The highest BCUT2D eigenvalue weighted by atomic mass is 16.7. The minimum atomic E-state index is -1.54. The summed E-state index contributed by atoms with van der Waals surface area (Å²) < 4.78 is 10.6. The maximum atomic E-state index is 11.6. The van der Waals surface area contributed by atoms with Crippen LogP contribution in [0.1, 0.15) is 12.8 Å². The van der Waals surface area contributed by atoms with Gasteiger partial charge in [0.15, 0.2) is 0 Å². The molecule has 26 heavy (non-hydrogen) atoms. The van der Waals surface area contributed by atoms with Crippen LogP contribution in [-0.4, -0.2) is 74.7 Å². The van der Waals surface area contributed by atoms with Crippen LogP contribution in [-0.2, 0) is 14.3 Å². The second-order valence-corrected chi connectivity index (χ2v) is 5.78. The largest absolute Gasteiger partial charge is 0.481 e. The second kappa shape index (κ2) is 8.92. The molecule has 0 aromatic heterocycles. The number of anilines is 1. The number of benzene rings is 1. The fraction of sp³-hybridized carbons (Fsp3) is 0.500. The summed E-state index contributed by atoms with van der Waals surface area (Å²) >= 11 is 0. The number of hydrogen-bond donors (Lipinski definition) is 6. The van der Waals surface area contributed by atoms with Gasteiger partial charge in [-0.15, -0.1) is 0 Å². The van der Waals surface area contributed by atoms with Gasteiger partial charge in [-0.05, 0) is 24.3 Å². The Balaban J connectivity index is 1.94. The van der Waals surface area contributed by atoms with Crippen molar-refractivity contribution in [2.45, 2.75) is 43.5 Å². The molecule has 10 heteroatoms. The third kappa shape index (κ3) is 5.13. The van der Waals surface area contributed by atoms with Crippen LogP contribution >= 0.6 is 0 Å². The minimum absolute atomic E-state index is 0.154. The smallest absolute Gasteiger partial charge is 0.303 e. The van der Waals surface area contributed by atoms with E-state index in [2.05, 4.69) is 5.32 Å². The Hall–Kier alpha value is -2.24. The Morgan fingerprint density at radius 3 is 2.27 bits per heavy atom. The molecule has 144 valence electrons. The predicted molar refractivity (Wildman–Crippen MR) is 86.3 cm³/mol. The van der Waals surface area contributed by atoms with E-state index in [0.717, 1.165) is 0 Å². The first-order valence-electron chi connectivity index (χ1n) is 7.90. The molecule has 0 radical (unpaired) electrons. The molecule has 1 heterocycles. The van der Waals surface area contributed by atoms with Crippen molar-refractivity contribution in [1.29, 1.82) is 0 Å². The first kappa shape index (κ1) is 20.1. The molecule has 0 saturated carbocycles. The third-order valence-corrected chi connectivity index (χ3v) is 3.80. The van der Waals surface area contributed by atoms with Gasteiger partial charge in [-0.1, -0.05) is 0 Å². The lowest BCUT2D eigenvalue weighted by molar-refractivity contribution is -0.277. The average molecular weight is 371 g/mol. The van der Waals surface area contributed by atoms with E-state index in [9.17, 15) is 24.9 Å². The molecule has 0 unspecified atom stereocenters. The lowest BCUT2D eigenvalue weighted by Crippen LogP contribution is -2.60. The number of rotatable bonds is 7. The molecular formula is C16H21NO9. The zero-order chi connectivity index (χ0) is 19.3. The molecule has 10 nitrogen and oxygen atoms in total. The number of aliphatic carboxylic acids is 1. The molecule has 2 rings (SSSR count). The van der Waals surface area contributed by atoms with Crippen molar-refractivity contribution in [3.8, 4) is 5.75 Å². The summed E-state index contributed by atoms with van der Waals surface area (Å²) in [5, 5.41) is 49.5. The van der Waals surface area contributed by atoms with Crippen LogP contribution in [0.5, 0.6) is 5.75 Å². The normalized spacial score (nSPS) is 28.4. The van der Waals surface area contributed by atoms with Gasteiger partial charge in [-0.3, -0.25) is 9.59 Å². The van der Waals surface area contributed by atoms with Crippen LogP contribution in [0.2, 0.25) is 0 Å². The molecule has 0 spiro atoms. The molecule has 5 atom stereocenters. The molecule has 1 aliphatic heterocycles. The maximum Gasteiger partial charge on any atom is 0.303 e. The Kier molecular flexibility index (Phi) is 6.89. The Bertz CT molecular complexity index is 619. The standard InChI is InChI=1S/C16H21NO9/c18-7-10-13(22)14(23)15(24)16(26-10)25-9-3-1-8(2-4-9)17-11(19)5-6-12(20)21/h1-4,10,13-16,18,22-24H,5-7H2,(H,17,19)(H,20,21)/t10-,13-,14+,15-,16-/m1/s1. The topological polar surface area (TPSA) is 166 Å². The number of aliphatic hydroxyl groups is 4. The van der Waals surface area contributed by atoms with Gasteiger partial charge in [0.1, 0.15) is 30.2 Å². The number of carbonyl (C=O) groups excluding carboxylic acids is 1. The predicted octanol–water partition coefficient (Wildman–Crippen LogP) is -1.33. The summed E-state index contributed by atoms with van der Waals surface area (Å²) in [5.74, 6) is -1.27. The number of ether oxygens (including phenoxy) is 2. The summed E-state index contributed by atoms with van der Waals surface area (Å²) in [6, 6.07) is 5.93. The second-order valence-electron chi connectivity index (χ2n) is 5.78. The van der Waals surface area contributed by atoms with Gasteiger partial charge in [0.05, 0.1) is 13.0 Å². The highest BCUT2D eigenvalue weighted by molar-refractivity contribution is 5.92. The van der Waals surface area contributed by atoms with Crippen molar-refractivity contribution in [3.05, 3.63) is 24.3 Å². The molecule has 1 amide bonds. The van der Waals surface area contributed by atoms with Gasteiger partial charge in [0.25, 0.3) is 0 Å². The number of nitrogens with one attached hydrogen (secondary N) is 1. The van der Waals surface area contributed by atoms with E-state index in [1.165, 1.54) is 24.3 Å².